The molecule has 0 amide bonds. The zero-order valence-electron chi connectivity index (χ0n) is 17.0. The SMILES string of the molecule is CC(C)(C)[Si](OCC1CC(C(C#N)C=O)C1)(c1ccccc1)c1ccccc1. The molecule has 0 N–H and O–H groups in total. The van der Waals surface area contributed by atoms with E-state index >= 15 is 0 Å². The van der Waals surface area contributed by atoms with E-state index in [9.17, 15) is 4.79 Å². The van der Waals surface area contributed by atoms with Crippen LogP contribution in [0, 0.1) is 29.1 Å². The fourth-order valence-electron chi connectivity index (χ4n) is 4.47. The Kier molecular flexibility index (Phi) is 6.17. The van der Waals surface area contributed by atoms with Crippen LogP contribution in [0.5, 0.6) is 0 Å². The lowest BCUT2D eigenvalue weighted by Crippen LogP contribution is -2.67. The van der Waals surface area contributed by atoms with Gasteiger partial charge in [0.2, 0.25) is 0 Å². The topological polar surface area (TPSA) is 50.1 Å². The van der Waals surface area contributed by atoms with Crippen LogP contribution in [-0.4, -0.2) is 21.2 Å². The van der Waals surface area contributed by atoms with Crippen molar-refractivity contribution in [2.75, 3.05) is 6.61 Å². The number of carbonyl (C=O) groups excluding carboxylic acids is 1. The minimum Gasteiger partial charge on any atom is -0.407 e. The van der Waals surface area contributed by atoms with Gasteiger partial charge in [-0.1, -0.05) is 81.4 Å². The van der Waals surface area contributed by atoms with Crippen LogP contribution in [-0.2, 0) is 9.22 Å². The van der Waals surface area contributed by atoms with Gasteiger partial charge in [0.15, 0.2) is 0 Å². The summed E-state index contributed by atoms with van der Waals surface area (Å²) in [6.07, 6.45) is 2.59. The van der Waals surface area contributed by atoms with Crippen molar-refractivity contribution in [1.82, 2.24) is 0 Å². The average molecular weight is 392 g/mol. The van der Waals surface area contributed by atoms with Crippen LogP contribution in [0.4, 0.5) is 0 Å². The monoisotopic (exact) mass is 391 g/mol. The number of hydrogen-bond acceptors (Lipinski definition) is 3. The van der Waals surface area contributed by atoms with Gasteiger partial charge in [-0.3, -0.25) is 0 Å². The van der Waals surface area contributed by atoms with Gasteiger partial charge < -0.3 is 9.22 Å². The van der Waals surface area contributed by atoms with E-state index < -0.39 is 14.2 Å². The number of aldehydes is 1. The Morgan fingerprint density at radius 3 is 1.96 bits per heavy atom. The third kappa shape index (κ3) is 3.83. The average Bonchev–Trinajstić information content (AvgIpc) is 2.67. The maximum Gasteiger partial charge on any atom is 0.261 e. The van der Waals surface area contributed by atoms with Crippen molar-refractivity contribution >= 4 is 25.0 Å². The molecule has 0 radical (unpaired) electrons. The smallest absolute Gasteiger partial charge is 0.261 e. The number of nitriles is 1. The number of hydrogen-bond donors (Lipinski definition) is 0. The summed E-state index contributed by atoms with van der Waals surface area (Å²) in [7, 11) is -2.49. The van der Waals surface area contributed by atoms with Gasteiger partial charge in [0.05, 0.1) is 6.07 Å². The predicted octanol–water partition coefficient (Wildman–Crippen LogP) is 3.93. The first-order valence-corrected chi connectivity index (χ1v) is 11.9. The van der Waals surface area contributed by atoms with Crippen LogP contribution < -0.4 is 10.4 Å². The highest BCUT2D eigenvalue weighted by Crippen LogP contribution is 2.41. The van der Waals surface area contributed by atoms with Gasteiger partial charge in [0, 0.05) is 6.61 Å². The van der Waals surface area contributed by atoms with Gasteiger partial charge in [-0.05, 0) is 40.1 Å². The molecule has 0 saturated heterocycles. The standard InChI is InChI=1S/C24H29NO2Si/c1-24(2,3)28(22-10-6-4-7-11-22,23-12-8-5-9-13-23)27-18-19-14-20(15-19)21(16-25)17-26/h4-13,17,19-21H,14-15,18H2,1-3H3. The normalized spacial score (nSPS) is 20.6. The van der Waals surface area contributed by atoms with Gasteiger partial charge in [-0.25, -0.2) is 0 Å². The molecular weight excluding hydrogens is 362 g/mol. The van der Waals surface area contributed by atoms with E-state index in [2.05, 4.69) is 75.4 Å². The van der Waals surface area contributed by atoms with Gasteiger partial charge in [-0.2, -0.15) is 5.26 Å². The highest BCUT2D eigenvalue weighted by molar-refractivity contribution is 6.99. The Morgan fingerprint density at radius 2 is 1.57 bits per heavy atom. The molecule has 1 aliphatic carbocycles. The lowest BCUT2D eigenvalue weighted by atomic mass is 9.70. The minimum atomic E-state index is -2.49. The van der Waals surface area contributed by atoms with Crippen molar-refractivity contribution < 1.29 is 9.22 Å². The molecule has 1 fully saturated rings. The van der Waals surface area contributed by atoms with E-state index in [4.69, 9.17) is 9.69 Å². The molecule has 0 aliphatic heterocycles. The lowest BCUT2D eigenvalue weighted by molar-refractivity contribution is -0.112. The summed E-state index contributed by atoms with van der Waals surface area (Å²) >= 11 is 0. The van der Waals surface area contributed by atoms with E-state index in [1.54, 1.807) is 0 Å². The third-order valence-corrected chi connectivity index (χ3v) is 11.0. The summed E-state index contributed by atoms with van der Waals surface area (Å²) in [6, 6.07) is 23.4. The van der Waals surface area contributed by atoms with Gasteiger partial charge in [0.25, 0.3) is 8.32 Å². The molecule has 0 heterocycles. The molecule has 3 nitrogen and oxygen atoms in total. The Labute approximate surface area is 169 Å². The molecule has 1 saturated carbocycles. The molecule has 0 spiro atoms. The maximum atomic E-state index is 11.0. The van der Waals surface area contributed by atoms with E-state index in [1.807, 2.05) is 12.1 Å². The second-order valence-electron chi connectivity index (χ2n) is 8.86. The largest absolute Gasteiger partial charge is 0.407 e. The maximum absolute atomic E-state index is 11.0. The van der Waals surface area contributed by atoms with E-state index in [0.717, 1.165) is 19.1 Å². The molecule has 1 atom stereocenters. The third-order valence-electron chi connectivity index (χ3n) is 6.03. The summed E-state index contributed by atoms with van der Waals surface area (Å²) in [5.74, 6) is 0.141. The zero-order chi connectivity index (χ0) is 20.2. The van der Waals surface area contributed by atoms with Crippen LogP contribution >= 0.6 is 0 Å². The van der Waals surface area contributed by atoms with Crippen molar-refractivity contribution in [1.29, 1.82) is 5.26 Å². The molecule has 0 bridgehead atoms. The summed E-state index contributed by atoms with van der Waals surface area (Å²) in [5.41, 5.74) is 0. The molecule has 3 rings (SSSR count). The first kappa shape index (κ1) is 20.5. The number of rotatable bonds is 7. The molecule has 2 aromatic carbocycles. The first-order valence-electron chi connectivity index (χ1n) is 10.0. The van der Waals surface area contributed by atoms with Crippen molar-refractivity contribution in [3.63, 3.8) is 0 Å². The van der Waals surface area contributed by atoms with Crippen LogP contribution in [0.2, 0.25) is 5.04 Å². The molecular formula is C24H29NO2Si. The van der Waals surface area contributed by atoms with Crippen LogP contribution in [0.3, 0.4) is 0 Å². The summed E-state index contributed by atoms with van der Waals surface area (Å²) in [4.78, 5) is 11.0. The van der Waals surface area contributed by atoms with E-state index in [1.165, 1.54) is 10.4 Å². The second kappa shape index (κ2) is 8.42. The van der Waals surface area contributed by atoms with Crippen LogP contribution in [0.25, 0.3) is 0 Å². The van der Waals surface area contributed by atoms with Crippen molar-refractivity contribution in [3.05, 3.63) is 60.7 Å². The van der Waals surface area contributed by atoms with Crippen LogP contribution in [0.15, 0.2) is 60.7 Å². The Balaban J connectivity index is 1.88. The molecule has 1 aliphatic rings. The molecule has 28 heavy (non-hydrogen) atoms. The highest BCUT2D eigenvalue weighted by atomic mass is 28.4. The molecule has 0 aromatic heterocycles. The Bertz CT molecular complexity index is 778. The highest BCUT2D eigenvalue weighted by Gasteiger charge is 2.51. The molecule has 4 heteroatoms. The lowest BCUT2D eigenvalue weighted by Gasteiger charge is -2.45. The fourth-order valence-corrected chi connectivity index (χ4v) is 9.11. The summed E-state index contributed by atoms with van der Waals surface area (Å²) < 4.78 is 6.93. The van der Waals surface area contributed by atoms with Gasteiger partial charge >= 0.3 is 0 Å². The summed E-state index contributed by atoms with van der Waals surface area (Å²) in [5, 5.41) is 11.6. The first-order chi connectivity index (χ1) is 13.4. The van der Waals surface area contributed by atoms with Crippen LogP contribution in [0.1, 0.15) is 33.6 Å². The molecule has 1 unspecified atom stereocenters. The van der Waals surface area contributed by atoms with E-state index in [-0.39, 0.29) is 11.0 Å². The Hall–Kier alpha value is -2.22. The predicted molar refractivity (Wildman–Crippen MR) is 115 cm³/mol. The zero-order valence-corrected chi connectivity index (χ0v) is 18.0. The minimum absolute atomic E-state index is 0.0309. The Morgan fingerprint density at radius 1 is 1.07 bits per heavy atom. The van der Waals surface area contributed by atoms with Gasteiger partial charge in [-0.15, -0.1) is 0 Å². The van der Waals surface area contributed by atoms with Gasteiger partial charge in [0.1, 0.15) is 12.2 Å². The van der Waals surface area contributed by atoms with E-state index in [0.29, 0.717) is 12.5 Å². The van der Waals surface area contributed by atoms with Crippen molar-refractivity contribution in [2.45, 2.75) is 38.7 Å². The molecule has 146 valence electrons. The number of benzene rings is 2. The fraction of sp³-hybridized carbons (Fsp3) is 0.417. The quantitative estimate of drug-likeness (QED) is 0.531. The van der Waals surface area contributed by atoms with Crippen molar-refractivity contribution in [3.8, 4) is 6.07 Å². The number of nitrogens with zero attached hydrogens (tertiary/aromatic N) is 1. The summed E-state index contributed by atoms with van der Waals surface area (Å²) in [6.45, 7) is 7.52. The number of carbonyl (C=O) groups is 1. The van der Waals surface area contributed by atoms with Crippen molar-refractivity contribution in [2.24, 2.45) is 17.8 Å². The molecule has 2 aromatic rings. The second-order valence-corrected chi connectivity index (χ2v) is 13.2.